The number of carbonyl (C=O) groups excluding carboxylic acids is 4. The fraction of sp³-hybridized carbons (Fsp3) is 0.273. The lowest BCUT2D eigenvalue weighted by Crippen LogP contribution is -2.38. The van der Waals surface area contributed by atoms with Gasteiger partial charge >= 0.3 is 0 Å². The van der Waals surface area contributed by atoms with Crippen LogP contribution in [0.5, 0.6) is 5.75 Å². The third kappa shape index (κ3) is 3.52. The monoisotopic (exact) mass is 407 g/mol. The molecule has 2 aromatic rings. The summed E-state index contributed by atoms with van der Waals surface area (Å²) in [7, 11) is 0. The van der Waals surface area contributed by atoms with Gasteiger partial charge in [0.1, 0.15) is 5.75 Å². The van der Waals surface area contributed by atoms with Crippen molar-refractivity contribution in [3.05, 3.63) is 53.6 Å². The van der Waals surface area contributed by atoms with E-state index in [-0.39, 0.29) is 43.2 Å². The van der Waals surface area contributed by atoms with E-state index in [9.17, 15) is 19.2 Å². The van der Waals surface area contributed by atoms with Crippen molar-refractivity contribution in [2.75, 3.05) is 29.9 Å². The van der Waals surface area contributed by atoms with E-state index < -0.39 is 0 Å². The summed E-state index contributed by atoms with van der Waals surface area (Å²) in [6.45, 7) is 2.56. The molecule has 2 aliphatic heterocycles. The van der Waals surface area contributed by atoms with E-state index in [4.69, 9.17) is 4.74 Å². The molecule has 0 fully saturated rings. The Labute approximate surface area is 173 Å². The van der Waals surface area contributed by atoms with Gasteiger partial charge in [-0.15, -0.1) is 0 Å². The summed E-state index contributed by atoms with van der Waals surface area (Å²) in [5.41, 5.74) is 1.98. The van der Waals surface area contributed by atoms with Crippen LogP contribution in [0.1, 0.15) is 40.5 Å². The molecule has 8 nitrogen and oxygen atoms in total. The highest BCUT2D eigenvalue weighted by Gasteiger charge is 2.34. The van der Waals surface area contributed by atoms with E-state index >= 15 is 0 Å². The van der Waals surface area contributed by atoms with Crippen LogP contribution in [0.2, 0.25) is 0 Å². The van der Waals surface area contributed by atoms with Crippen molar-refractivity contribution >= 4 is 35.0 Å². The van der Waals surface area contributed by atoms with Gasteiger partial charge in [-0.2, -0.15) is 0 Å². The maximum absolute atomic E-state index is 12.4. The normalized spacial score (nSPS) is 15.0. The fourth-order valence-electron chi connectivity index (χ4n) is 3.69. The summed E-state index contributed by atoms with van der Waals surface area (Å²) in [4.78, 5) is 51.8. The maximum Gasteiger partial charge on any atom is 0.265 e. The number of ether oxygens (including phenoxy) is 1. The van der Waals surface area contributed by atoms with Crippen LogP contribution in [-0.2, 0) is 9.59 Å². The number of imide groups is 1. The minimum Gasteiger partial charge on any atom is -0.482 e. The predicted octanol–water partition coefficient (Wildman–Crippen LogP) is 2.45. The molecule has 0 saturated carbocycles. The Kier molecular flexibility index (Phi) is 5.22. The zero-order chi connectivity index (χ0) is 21.3. The van der Waals surface area contributed by atoms with Crippen molar-refractivity contribution < 1.29 is 23.9 Å². The quantitative estimate of drug-likeness (QED) is 0.742. The van der Waals surface area contributed by atoms with E-state index in [1.54, 1.807) is 47.4 Å². The van der Waals surface area contributed by atoms with Gasteiger partial charge in [-0.25, -0.2) is 0 Å². The van der Waals surface area contributed by atoms with Crippen LogP contribution >= 0.6 is 0 Å². The van der Waals surface area contributed by atoms with Gasteiger partial charge < -0.3 is 15.0 Å². The molecule has 0 unspecified atom stereocenters. The molecule has 2 aromatic carbocycles. The molecule has 0 bridgehead atoms. The molecule has 0 aliphatic carbocycles. The Hall–Kier alpha value is -3.68. The van der Waals surface area contributed by atoms with Crippen molar-refractivity contribution in [2.24, 2.45) is 0 Å². The van der Waals surface area contributed by atoms with Crippen molar-refractivity contribution in [3.63, 3.8) is 0 Å². The van der Waals surface area contributed by atoms with Gasteiger partial charge in [0.25, 0.3) is 17.7 Å². The summed E-state index contributed by atoms with van der Waals surface area (Å²) in [5.74, 6) is -0.419. The van der Waals surface area contributed by atoms with Crippen LogP contribution in [0, 0.1) is 0 Å². The Morgan fingerprint density at radius 1 is 1.03 bits per heavy atom. The second kappa shape index (κ2) is 7.98. The second-order valence-corrected chi connectivity index (χ2v) is 7.07. The maximum atomic E-state index is 12.4. The van der Waals surface area contributed by atoms with Crippen LogP contribution in [0.4, 0.5) is 11.4 Å². The average Bonchev–Trinajstić information content (AvgIpc) is 2.99. The van der Waals surface area contributed by atoms with Gasteiger partial charge in [0, 0.05) is 25.2 Å². The number of rotatable bonds is 6. The van der Waals surface area contributed by atoms with Gasteiger partial charge in [0.15, 0.2) is 6.61 Å². The van der Waals surface area contributed by atoms with E-state index in [1.807, 2.05) is 6.92 Å². The largest absolute Gasteiger partial charge is 0.482 e. The third-order valence-corrected chi connectivity index (χ3v) is 5.17. The molecule has 2 heterocycles. The van der Waals surface area contributed by atoms with Crippen LogP contribution in [0.15, 0.2) is 42.5 Å². The van der Waals surface area contributed by atoms with Crippen LogP contribution in [0.3, 0.4) is 0 Å². The van der Waals surface area contributed by atoms with Crippen molar-refractivity contribution in [1.29, 1.82) is 0 Å². The number of benzene rings is 2. The molecule has 30 heavy (non-hydrogen) atoms. The number of likely N-dealkylation sites (N-methyl/N-ethyl adjacent to an activating group) is 1. The molecule has 4 amide bonds. The topological polar surface area (TPSA) is 96.0 Å². The molecule has 1 N–H and O–H groups in total. The molecule has 8 heteroatoms. The first kappa shape index (κ1) is 19.6. The Morgan fingerprint density at radius 3 is 2.40 bits per heavy atom. The van der Waals surface area contributed by atoms with E-state index in [2.05, 4.69) is 5.32 Å². The van der Waals surface area contributed by atoms with Crippen molar-refractivity contribution in [3.8, 4) is 5.75 Å². The number of amides is 4. The summed E-state index contributed by atoms with van der Waals surface area (Å²) in [5, 5.41) is 2.80. The highest BCUT2D eigenvalue weighted by atomic mass is 16.5. The van der Waals surface area contributed by atoms with Gasteiger partial charge in [-0.1, -0.05) is 12.1 Å². The first-order valence-corrected chi connectivity index (χ1v) is 9.82. The van der Waals surface area contributed by atoms with Gasteiger partial charge in [0.2, 0.25) is 5.91 Å². The van der Waals surface area contributed by atoms with Crippen LogP contribution < -0.4 is 15.0 Å². The SMILES string of the molecule is CCN1C(=O)COc2ccc(NC(=O)CCCN3C(=O)c4ccccc4C3=O)cc21. The lowest BCUT2D eigenvalue weighted by molar-refractivity contribution is -0.121. The lowest BCUT2D eigenvalue weighted by Gasteiger charge is -2.28. The molecule has 0 spiro atoms. The van der Waals surface area contributed by atoms with Gasteiger partial charge in [0.05, 0.1) is 16.8 Å². The molecule has 0 aromatic heterocycles. The zero-order valence-electron chi connectivity index (χ0n) is 16.5. The van der Waals surface area contributed by atoms with E-state index in [0.717, 1.165) is 0 Å². The fourth-order valence-corrected chi connectivity index (χ4v) is 3.69. The molecule has 4 rings (SSSR count). The molecule has 0 atom stereocenters. The van der Waals surface area contributed by atoms with Gasteiger partial charge in [-0.05, 0) is 43.7 Å². The second-order valence-electron chi connectivity index (χ2n) is 7.07. The standard InChI is InChI=1S/C22H21N3O5/c1-2-24-17-12-14(9-10-18(17)30-13-20(24)27)23-19(26)8-5-11-25-21(28)15-6-3-4-7-16(15)22(25)29/h3-4,6-7,9-10,12H,2,5,8,11,13H2,1H3,(H,23,26). The average molecular weight is 407 g/mol. The lowest BCUT2D eigenvalue weighted by atomic mass is 10.1. The zero-order valence-corrected chi connectivity index (χ0v) is 16.5. The predicted molar refractivity (Wildman–Crippen MR) is 110 cm³/mol. The number of hydrogen-bond donors (Lipinski definition) is 1. The Bertz CT molecular complexity index is 1010. The first-order chi connectivity index (χ1) is 14.5. The van der Waals surface area contributed by atoms with Crippen molar-refractivity contribution in [2.45, 2.75) is 19.8 Å². The number of nitrogens with zero attached hydrogens (tertiary/aromatic N) is 2. The highest BCUT2D eigenvalue weighted by Crippen LogP contribution is 2.34. The number of carbonyl (C=O) groups is 4. The molecule has 0 saturated heterocycles. The minimum atomic E-state index is -0.324. The Morgan fingerprint density at radius 2 is 1.73 bits per heavy atom. The molecule has 2 aliphatic rings. The third-order valence-electron chi connectivity index (χ3n) is 5.17. The Balaban J connectivity index is 1.34. The van der Waals surface area contributed by atoms with Crippen LogP contribution in [-0.4, -0.2) is 48.2 Å². The summed E-state index contributed by atoms with van der Waals surface area (Å²) < 4.78 is 5.42. The van der Waals surface area contributed by atoms with E-state index in [1.165, 1.54) is 4.90 Å². The van der Waals surface area contributed by atoms with E-state index in [0.29, 0.717) is 41.2 Å². The number of nitrogens with one attached hydrogen (secondary N) is 1. The first-order valence-electron chi connectivity index (χ1n) is 9.82. The molecule has 154 valence electrons. The molecule has 0 radical (unpaired) electrons. The summed E-state index contributed by atoms with van der Waals surface area (Å²) >= 11 is 0. The highest BCUT2D eigenvalue weighted by molar-refractivity contribution is 6.21. The van der Waals surface area contributed by atoms with Crippen LogP contribution in [0.25, 0.3) is 0 Å². The number of fused-ring (bicyclic) bond motifs is 2. The number of anilines is 2. The summed E-state index contributed by atoms with van der Waals surface area (Å²) in [6, 6.07) is 11.8. The molecular formula is C22H21N3O5. The minimum absolute atomic E-state index is 0.00432. The smallest absolute Gasteiger partial charge is 0.265 e. The van der Waals surface area contributed by atoms with Crippen molar-refractivity contribution in [1.82, 2.24) is 4.90 Å². The molecular weight excluding hydrogens is 386 g/mol. The number of hydrogen-bond acceptors (Lipinski definition) is 5. The van der Waals surface area contributed by atoms with Gasteiger partial charge in [-0.3, -0.25) is 24.1 Å². The summed E-state index contributed by atoms with van der Waals surface area (Å²) in [6.07, 6.45) is 0.502.